The SMILES string of the molecule is Cn1nc(C(=O)N2CCC(C#Cc3cccc4c3CN(C3CCC(=O)NC3=O)C4=O)CC2)cc1C1CC1. The quantitative estimate of drug-likeness (QED) is 0.514. The molecule has 3 aliphatic heterocycles. The summed E-state index contributed by atoms with van der Waals surface area (Å²) >= 11 is 0. The van der Waals surface area contributed by atoms with Gasteiger partial charge in [-0.05, 0) is 55.9 Å². The van der Waals surface area contributed by atoms with Gasteiger partial charge in [0.05, 0.1) is 0 Å². The van der Waals surface area contributed by atoms with Gasteiger partial charge in [-0.3, -0.25) is 29.2 Å². The number of likely N-dealkylation sites (tertiary alicyclic amines) is 1. The summed E-state index contributed by atoms with van der Waals surface area (Å²) in [7, 11) is 1.91. The van der Waals surface area contributed by atoms with Crippen molar-refractivity contribution in [1.29, 1.82) is 0 Å². The smallest absolute Gasteiger partial charge is 0.274 e. The largest absolute Gasteiger partial charge is 0.337 e. The van der Waals surface area contributed by atoms with Gasteiger partial charge in [0.15, 0.2) is 5.69 Å². The number of hydrogen-bond acceptors (Lipinski definition) is 5. The van der Waals surface area contributed by atoms with Gasteiger partial charge in [0.1, 0.15) is 6.04 Å². The number of hydrogen-bond donors (Lipinski definition) is 1. The van der Waals surface area contributed by atoms with Gasteiger partial charge in [-0.2, -0.15) is 5.10 Å². The summed E-state index contributed by atoms with van der Waals surface area (Å²) in [5.41, 5.74) is 3.87. The van der Waals surface area contributed by atoms with Crippen molar-refractivity contribution in [3.63, 3.8) is 0 Å². The fraction of sp³-hybridized carbons (Fsp3) is 0.464. The molecule has 2 aromatic rings. The normalized spacial score (nSPS) is 22.0. The summed E-state index contributed by atoms with van der Waals surface area (Å²) in [6, 6.07) is 6.80. The summed E-state index contributed by atoms with van der Waals surface area (Å²) in [5, 5.41) is 6.79. The number of piperidine rings is 2. The third-order valence-electron chi connectivity index (χ3n) is 7.91. The second-order valence-electron chi connectivity index (χ2n) is 10.4. The molecule has 190 valence electrons. The average Bonchev–Trinajstić information content (AvgIpc) is 3.58. The highest BCUT2D eigenvalue weighted by atomic mass is 16.2. The van der Waals surface area contributed by atoms with Crippen LogP contribution in [0.4, 0.5) is 0 Å². The van der Waals surface area contributed by atoms with E-state index >= 15 is 0 Å². The summed E-state index contributed by atoms with van der Waals surface area (Å²) in [6.07, 6.45) is 4.49. The number of rotatable bonds is 3. The second kappa shape index (κ2) is 9.18. The van der Waals surface area contributed by atoms with Gasteiger partial charge in [0.2, 0.25) is 11.8 Å². The molecule has 0 spiro atoms. The van der Waals surface area contributed by atoms with E-state index in [0.29, 0.717) is 43.2 Å². The Balaban J connectivity index is 1.11. The number of amides is 4. The molecule has 1 unspecified atom stereocenters. The highest BCUT2D eigenvalue weighted by Crippen LogP contribution is 2.40. The third kappa shape index (κ3) is 4.41. The van der Waals surface area contributed by atoms with E-state index < -0.39 is 11.9 Å². The Bertz CT molecular complexity index is 1370. The number of fused-ring (bicyclic) bond motifs is 1. The minimum Gasteiger partial charge on any atom is -0.337 e. The first-order chi connectivity index (χ1) is 17.9. The molecule has 1 aromatic carbocycles. The van der Waals surface area contributed by atoms with Crippen LogP contribution < -0.4 is 5.32 Å². The lowest BCUT2D eigenvalue weighted by molar-refractivity contribution is -0.136. The molecule has 1 aliphatic carbocycles. The Kier molecular flexibility index (Phi) is 5.82. The standard InChI is InChI=1S/C28H29N5O4/c1-31-24(19-7-8-19)15-22(30-31)28(37)32-13-11-17(12-14-32)5-6-18-3-2-4-20-21(18)16-33(27(20)36)23-9-10-25(34)29-26(23)35/h2-4,15,17,19,23H,7-14,16H2,1H3,(H,29,34,35). The van der Waals surface area contributed by atoms with Crippen molar-refractivity contribution in [2.75, 3.05) is 13.1 Å². The van der Waals surface area contributed by atoms with Crippen molar-refractivity contribution in [3.05, 3.63) is 52.3 Å². The highest BCUT2D eigenvalue weighted by molar-refractivity contribution is 6.05. The zero-order valence-corrected chi connectivity index (χ0v) is 20.8. The molecule has 1 aromatic heterocycles. The van der Waals surface area contributed by atoms with Crippen molar-refractivity contribution in [3.8, 4) is 11.8 Å². The number of aryl methyl sites for hydroxylation is 1. The lowest BCUT2D eigenvalue weighted by atomic mass is 9.96. The molecular formula is C28H29N5O4. The van der Waals surface area contributed by atoms with Crippen LogP contribution in [-0.4, -0.2) is 62.3 Å². The number of carbonyl (C=O) groups is 4. The molecule has 9 heteroatoms. The van der Waals surface area contributed by atoms with E-state index in [2.05, 4.69) is 22.3 Å². The fourth-order valence-corrected chi connectivity index (χ4v) is 5.62. The van der Waals surface area contributed by atoms with Crippen LogP contribution in [0.25, 0.3) is 0 Å². The summed E-state index contributed by atoms with van der Waals surface area (Å²) < 4.78 is 1.84. The van der Waals surface area contributed by atoms with Crippen LogP contribution >= 0.6 is 0 Å². The maximum Gasteiger partial charge on any atom is 0.274 e. The molecule has 2 saturated heterocycles. The number of aromatic nitrogens is 2. The molecule has 6 rings (SSSR count). The lowest BCUT2D eigenvalue weighted by Gasteiger charge is -2.29. The van der Waals surface area contributed by atoms with Crippen molar-refractivity contribution >= 4 is 23.6 Å². The minimum atomic E-state index is -0.639. The molecule has 37 heavy (non-hydrogen) atoms. The highest BCUT2D eigenvalue weighted by Gasteiger charge is 2.39. The van der Waals surface area contributed by atoms with E-state index in [4.69, 9.17) is 0 Å². The van der Waals surface area contributed by atoms with E-state index in [9.17, 15) is 19.2 Å². The molecule has 3 fully saturated rings. The van der Waals surface area contributed by atoms with Gasteiger partial charge < -0.3 is 9.80 Å². The van der Waals surface area contributed by atoms with Gasteiger partial charge >= 0.3 is 0 Å². The fourth-order valence-electron chi connectivity index (χ4n) is 5.62. The molecular weight excluding hydrogens is 470 g/mol. The number of imide groups is 1. The number of nitrogens with zero attached hydrogens (tertiary/aromatic N) is 4. The lowest BCUT2D eigenvalue weighted by Crippen LogP contribution is -2.52. The van der Waals surface area contributed by atoms with Gasteiger partial charge in [-0.1, -0.05) is 17.9 Å². The maximum atomic E-state index is 13.0. The Morgan fingerprint density at radius 2 is 1.86 bits per heavy atom. The van der Waals surface area contributed by atoms with Crippen LogP contribution in [0.3, 0.4) is 0 Å². The van der Waals surface area contributed by atoms with Crippen LogP contribution in [0.15, 0.2) is 24.3 Å². The van der Waals surface area contributed by atoms with Crippen molar-refractivity contribution < 1.29 is 19.2 Å². The van der Waals surface area contributed by atoms with Crippen LogP contribution in [0, 0.1) is 17.8 Å². The van der Waals surface area contributed by atoms with Gasteiger partial charge in [-0.25, -0.2) is 0 Å². The predicted molar refractivity (Wildman–Crippen MR) is 133 cm³/mol. The van der Waals surface area contributed by atoms with E-state index in [0.717, 1.165) is 29.7 Å². The second-order valence-corrected chi connectivity index (χ2v) is 10.4. The molecule has 1 saturated carbocycles. The zero-order chi connectivity index (χ0) is 25.7. The van der Waals surface area contributed by atoms with Gasteiger partial charge in [0.25, 0.3) is 11.8 Å². The topological polar surface area (TPSA) is 105 Å². The molecule has 0 bridgehead atoms. The Labute approximate surface area is 215 Å². The van der Waals surface area contributed by atoms with Crippen LogP contribution in [0.1, 0.15) is 82.1 Å². The molecule has 1 atom stereocenters. The van der Waals surface area contributed by atoms with Crippen LogP contribution in [-0.2, 0) is 23.2 Å². The molecule has 4 aliphatic rings. The van der Waals surface area contributed by atoms with Gasteiger partial charge in [0, 0.05) is 61.8 Å². The molecule has 4 heterocycles. The zero-order valence-electron chi connectivity index (χ0n) is 20.8. The first kappa shape index (κ1) is 23.5. The van der Waals surface area contributed by atoms with Crippen molar-refractivity contribution in [2.45, 2.75) is 57.0 Å². The van der Waals surface area contributed by atoms with E-state index in [1.807, 2.05) is 34.8 Å². The summed E-state index contributed by atoms with van der Waals surface area (Å²) in [4.78, 5) is 53.3. The number of nitrogens with one attached hydrogen (secondary N) is 1. The van der Waals surface area contributed by atoms with Crippen LogP contribution in [0.5, 0.6) is 0 Å². The monoisotopic (exact) mass is 499 g/mol. The average molecular weight is 500 g/mol. The predicted octanol–water partition coefficient (Wildman–Crippen LogP) is 1.96. The summed E-state index contributed by atoms with van der Waals surface area (Å²) in [5.74, 6) is 6.43. The van der Waals surface area contributed by atoms with E-state index in [-0.39, 0.29) is 30.1 Å². The molecule has 4 amide bonds. The van der Waals surface area contributed by atoms with Gasteiger partial charge in [-0.15, -0.1) is 0 Å². The number of benzene rings is 1. The van der Waals surface area contributed by atoms with Crippen molar-refractivity contribution in [1.82, 2.24) is 24.9 Å². The van der Waals surface area contributed by atoms with Crippen molar-refractivity contribution in [2.24, 2.45) is 13.0 Å². The first-order valence-corrected chi connectivity index (χ1v) is 13.0. The number of carbonyl (C=O) groups excluding carboxylic acids is 4. The summed E-state index contributed by atoms with van der Waals surface area (Å²) in [6.45, 7) is 1.59. The molecule has 0 radical (unpaired) electrons. The van der Waals surface area contributed by atoms with E-state index in [1.54, 1.807) is 11.0 Å². The Morgan fingerprint density at radius 3 is 2.59 bits per heavy atom. The molecule has 1 N–H and O–H groups in total. The minimum absolute atomic E-state index is 0.0122. The Morgan fingerprint density at radius 1 is 1.08 bits per heavy atom. The maximum absolute atomic E-state index is 13.0. The first-order valence-electron chi connectivity index (χ1n) is 13.0. The Hall–Kier alpha value is -3.93. The molecule has 9 nitrogen and oxygen atoms in total. The van der Waals surface area contributed by atoms with E-state index in [1.165, 1.54) is 12.8 Å². The third-order valence-corrected chi connectivity index (χ3v) is 7.91. The van der Waals surface area contributed by atoms with Crippen LogP contribution in [0.2, 0.25) is 0 Å².